The zero-order valence-electron chi connectivity index (χ0n) is 11.9. The number of fused-ring (bicyclic) bond motifs is 1. The summed E-state index contributed by atoms with van der Waals surface area (Å²) in [5.41, 5.74) is 1.06. The standard InChI is InChI=1S/C16H12N2O5/c19-16(17-12-2-1-3-13(9-12)18(20)21)7-5-11-4-6-14-15(8-11)23-10-22-14/h1-9H,10H2,(H,17,19). The van der Waals surface area contributed by atoms with E-state index in [4.69, 9.17) is 9.47 Å². The Bertz CT molecular complexity index is 801. The van der Waals surface area contributed by atoms with Crippen molar-refractivity contribution in [2.24, 2.45) is 0 Å². The summed E-state index contributed by atoms with van der Waals surface area (Å²) in [7, 11) is 0. The van der Waals surface area contributed by atoms with Gasteiger partial charge in [-0.3, -0.25) is 14.9 Å². The van der Waals surface area contributed by atoms with Crippen molar-refractivity contribution in [2.45, 2.75) is 0 Å². The van der Waals surface area contributed by atoms with Crippen LogP contribution in [0.25, 0.3) is 6.08 Å². The molecule has 0 fully saturated rings. The van der Waals surface area contributed by atoms with Crippen LogP contribution in [0.1, 0.15) is 5.56 Å². The third-order valence-corrected chi connectivity index (χ3v) is 3.15. The molecular formula is C16H12N2O5. The SMILES string of the molecule is O=C(C=Cc1ccc2c(c1)OCO2)Nc1cccc([N+](=O)[O-])c1. The molecule has 0 saturated heterocycles. The first kappa shape index (κ1) is 14.6. The third-order valence-electron chi connectivity index (χ3n) is 3.15. The molecule has 0 atom stereocenters. The number of benzene rings is 2. The minimum absolute atomic E-state index is 0.0810. The lowest BCUT2D eigenvalue weighted by Crippen LogP contribution is -2.07. The van der Waals surface area contributed by atoms with Crippen molar-refractivity contribution >= 4 is 23.4 Å². The number of hydrogen-bond acceptors (Lipinski definition) is 5. The molecule has 23 heavy (non-hydrogen) atoms. The maximum absolute atomic E-state index is 11.9. The Hall–Kier alpha value is -3.35. The first-order chi connectivity index (χ1) is 11.1. The number of non-ortho nitro benzene ring substituents is 1. The highest BCUT2D eigenvalue weighted by molar-refractivity contribution is 6.02. The van der Waals surface area contributed by atoms with Gasteiger partial charge in [0, 0.05) is 23.9 Å². The molecule has 7 heteroatoms. The minimum Gasteiger partial charge on any atom is -0.454 e. The van der Waals surface area contributed by atoms with Gasteiger partial charge in [0.1, 0.15) is 0 Å². The molecule has 1 aliphatic rings. The van der Waals surface area contributed by atoms with Crippen molar-refractivity contribution in [3.63, 3.8) is 0 Å². The van der Waals surface area contributed by atoms with Gasteiger partial charge < -0.3 is 14.8 Å². The van der Waals surface area contributed by atoms with Crippen molar-refractivity contribution < 1.29 is 19.2 Å². The summed E-state index contributed by atoms with van der Waals surface area (Å²) in [5.74, 6) is 0.914. The molecule has 2 aromatic rings. The van der Waals surface area contributed by atoms with Crippen molar-refractivity contribution in [2.75, 3.05) is 12.1 Å². The second-order valence-electron chi connectivity index (χ2n) is 4.74. The van der Waals surface area contributed by atoms with Crippen molar-refractivity contribution in [1.82, 2.24) is 0 Å². The molecule has 0 aromatic heterocycles. The minimum atomic E-state index is -0.516. The number of nitrogens with one attached hydrogen (secondary N) is 1. The van der Waals surface area contributed by atoms with Crippen LogP contribution in [-0.2, 0) is 4.79 Å². The molecule has 1 N–H and O–H groups in total. The van der Waals surface area contributed by atoms with E-state index in [1.807, 2.05) is 0 Å². The van der Waals surface area contributed by atoms with Crippen molar-refractivity contribution in [3.8, 4) is 11.5 Å². The Morgan fingerprint density at radius 2 is 2.00 bits per heavy atom. The fraction of sp³-hybridized carbons (Fsp3) is 0.0625. The van der Waals surface area contributed by atoms with Crippen LogP contribution in [-0.4, -0.2) is 17.6 Å². The number of amides is 1. The van der Waals surface area contributed by atoms with Crippen molar-refractivity contribution in [3.05, 3.63) is 64.2 Å². The number of nitro benzene ring substituents is 1. The summed E-state index contributed by atoms with van der Waals surface area (Å²) >= 11 is 0. The van der Waals surface area contributed by atoms with Crippen LogP contribution >= 0.6 is 0 Å². The molecule has 0 aliphatic carbocycles. The Kier molecular flexibility index (Phi) is 3.92. The number of anilines is 1. The van der Waals surface area contributed by atoms with E-state index in [1.54, 1.807) is 30.3 Å². The lowest BCUT2D eigenvalue weighted by molar-refractivity contribution is -0.384. The first-order valence-electron chi connectivity index (χ1n) is 6.75. The summed E-state index contributed by atoms with van der Waals surface area (Å²) in [6.07, 6.45) is 2.96. The average Bonchev–Trinajstić information content (AvgIpc) is 3.01. The van der Waals surface area contributed by atoms with Crippen LogP contribution in [0.4, 0.5) is 11.4 Å². The first-order valence-corrected chi connectivity index (χ1v) is 6.75. The normalized spacial score (nSPS) is 12.3. The monoisotopic (exact) mass is 312 g/mol. The maximum atomic E-state index is 11.9. The lowest BCUT2D eigenvalue weighted by atomic mass is 10.2. The fourth-order valence-electron chi connectivity index (χ4n) is 2.07. The predicted molar refractivity (Wildman–Crippen MR) is 83.3 cm³/mol. The van der Waals surface area contributed by atoms with Crippen LogP contribution in [0.3, 0.4) is 0 Å². The molecule has 1 aliphatic heterocycles. The summed E-state index contributed by atoms with van der Waals surface area (Å²) in [6, 6.07) is 11.1. The average molecular weight is 312 g/mol. The van der Waals surface area contributed by atoms with Crippen LogP contribution in [0.5, 0.6) is 11.5 Å². The Labute approximate surface area is 131 Å². The molecule has 116 valence electrons. The highest BCUT2D eigenvalue weighted by atomic mass is 16.7. The largest absolute Gasteiger partial charge is 0.454 e. The van der Waals surface area contributed by atoms with E-state index in [9.17, 15) is 14.9 Å². The Morgan fingerprint density at radius 3 is 2.83 bits per heavy atom. The molecule has 0 unspecified atom stereocenters. The molecule has 1 amide bonds. The topological polar surface area (TPSA) is 90.7 Å². The molecule has 7 nitrogen and oxygen atoms in total. The molecular weight excluding hydrogens is 300 g/mol. The van der Waals surface area contributed by atoms with Gasteiger partial charge in [-0.2, -0.15) is 0 Å². The molecule has 2 aromatic carbocycles. The number of nitrogens with zero attached hydrogens (tertiary/aromatic N) is 1. The number of carbonyl (C=O) groups is 1. The van der Waals surface area contributed by atoms with E-state index in [2.05, 4.69) is 5.32 Å². The van der Waals surface area contributed by atoms with Crippen molar-refractivity contribution in [1.29, 1.82) is 0 Å². The molecule has 1 heterocycles. The second-order valence-corrected chi connectivity index (χ2v) is 4.74. The number of ether oxygens (including phenoxy) is 2. The lowest BCUT2D eigenvalue weighted by Gasteiger charge is -2.02. The van der Waals surface area contributed by atoms with E-state index < -0.39 is 4.92 Å². The van der Waals surface area contributed by atoms with Crippen LogP contribution in [0.2, 0.25) is 0 Å². The second kappa shape index (κ2) is 6.18. The Balaban J connectivity index is 1.67. The van der Waals surface area contributed by atoms with Gasteiger partial charge in [-0.1, -0.05) is 12.1 Å². The van der Waals surface area contributed by atoms with E-state index in [1.165, 1.54) is 24.3 Å². The molecule has 0 radical (unpaired) electrons. The van der Waals surface area contributed by atoms with E-state index >= 15 is 0 Å². The summed E-state index contributed by atoms with van der Waals surface area (Å²) < 4.78 is 10.5. The van der Waals surface area contributed by atoms with Gasteiger partial charge in [0.15, 0.2) is 11.5 Å². The number of nitro groups is 1. The zero-order valence-corrected chi connectivity index (χ0v) is 11.9. The number of rotatable bonds is 4. The zero-order chi connectivity index (χ0) is 16.2. The quantitative estimate of drug-likeness (QED) is 0.532. The number of hydrogen-bond donors (Lipinski definition) is 1. The van der Waals surface area contributed by atoms with Gasteiger partial charge in [0.25, 0.3) is 5.69 Å². The van der Waals surface area contributed by atoms with Crippen LogP contribution in [0, 0.1) is 10.1 Å². The molecule has 0 spiro atoms. The highest BCUT2D eigenvalue weighted by Crippen LogP contribution is 2.32. The van der Waals surface area contributed by atoms with Crippen LogP contribution < -0.4 is 14.8 Å². The summed E-state index contributed by atoms with van der Waals surface area (Å²) in [5, 5.41) is 13.3. The third kappa shape index (κ3) is 3.46. The van der Waals surface area contributed by atoms with Gasteiger partial charge in [0.2, 0.25) is 12.7 Å². The molecule has 0 saturated carbocycles. The van der Waals surface area contributed by atoms with Crippen LogP contribution in [0.15, 0.2) is 48.5 Å². The van der Waals surface area contributed by atoms with Gasteiger partial charge in [-0.25, -0.2) is 0 Å². The smallest absolute Gasteiger partial charge is 0.271 e. The van der Waals surface area contributed by atoms with Gasteiger partial charge in [-0.15, -0.1) is 0 Å². The predicted octanol–water partition coefficient (Wildman–Crippen LogP) is 2.98. The maximum Gasteiger partial charge on any atom is 0.271 e. The Morgan fingerprint density at radius 1 is 1.17 bits per heavy atom. The van der Waals surface area contributed by atoms with Gasteiger partial charge >= 0.3 is 0 Å². The fourth-order valence-corrected chi connectivity index (χ4v) is 2.07. The summed E-state index contributed by atoms with van der Waals surface area (Å²) in [6.45, 7) is 0.190. The van der Waals surface area contributed by atoms with E-state index in [0.717, 1.165) is 5.56 Å². The highest BCUT2D eigenvalue weighted by Gasteiger charge is 2.12. The molecule has 0 bridgehead atoms. The number of carbonyl (C=O) groups excluding carboxylic acids is 1. The summed E-state index contributed by atoms with van der Waals surface area (Å²) in [4.78, 5) is 22.1. The van der Waals surface area contributed by atoms with Gasteiger partial charge in [-0.05, 0) is 29.8 Å². The van der Waals surface area contributed by atoms with E-state index in [0.29, 0.717) is 17.2 Å². The van der Waals surface area contributed by atoms with E-state index in [-0.39, 0.29) is 18.4 Å². The molecule has 3 rings (SSSR count). The van der Waals surface area contributed by atoms with Gasteiger partial charge in [0.05, 0.1) is 4.92 Å².